The number of nitrogens with two attached hydrogens (primary N) is 1. The van der Waals surface area contributed by atoms with Crippen LogP contribution in [-0.4, -0.2) is 22.1 Å². The van der Waals surface area contributed by atoms with Crippen molar-refractivity contribution >= 4 is 5.78 Å². The van der Waals surface area contributed by atoms with Gasteiger partial charge in [-0.1, -0.05) is 13.8 Å². The monoisotopic (exact) mass is 223 g/mol. The second-order valence-corrected chi connectivity index (χ2v) is 5.07. The predicted octanol–water partition coefficient (Wildman–Crippen LogP) is 1.56. The van der Waals surface area contributed by atoms with Gasteiger partial charge in [-0.3, -0.25) is 9.48 Å². The quantitative estimate of drug-likeness (QED) is 0.824. The minimum atomic E-state index is -0.457. The zero-order valence-corrected chi connectivity index (χ0v) is 10.5. The number of nitrogens with zero attached hydrogens (tertiary/aromatic N) is 2. The highest BCUT2D eigenvalue weighted by molar-refractivity contribution is 5.85. The first-order valence-electron chi connectivity index (χ1n) is 5.64. The van der Waals surface area contributed by atoms with Crippen molar-refractivity contribution in [1.82, 2.24) is 9.78 Å². The summed E-state index contributed by atoms with van der Waals surface area (Å²) in [5, 5.41) is 4.35. The lowest BCUT2D eigenvalue weighted by Gasteiger charge is -2.19. The van der Waals surface area contributed by atoms with Crippen molar-refractivity contribution in [2.75, 3.05) is 6.54 Å². The molecule has 0 spiro atoms. The molecule has 0 aliphatic rings. The minimum absolute atomic E-state index is 0.143. The van der Waals surface area contributed by atoms with Crippen molar-refractivity contribution in [1.29, 1.82) is 0 Å². The molecule has 0 unspecified atom stereocenters. The van der Waals surface area contributed by atoms with E-state index in [1.54, 1.807) is 0 Å². The second kappa shape index (κ2) is 4.78. The van der Waals surface area contributed by atoms with Gasteiger partial charge in [0.25, 0.3) is 0 Å². The molecule has 0 fully saturated rings. The fourth-order valence-electron chi connectivity index (χ4n) is 1.28. The Morgan fingerprint density at radius 3 is 2.62 bits per heavy atom. The summed E-state index contributed by atoms with van der Waals surface area (Å²) in [5.41, 5.74) is 5.93. The summed E-state index contributed by atoms with van der Waals surface area (Å²) in [6.45, 7) is 8.23. The van der Waals surface area contributed by atoms with Gasteiger partial charge in [0.15, 0.2) is 0 Å². The van der Waals surface area contributed by atoms with Gasteiger partial charge in [0.1, 0.15) is 5.78 Å². The number of rotatable bonds is 5. The van der Waals surface area contributed by atoms with E-state index >= 15 is 0 Å². The summed E-state index contributed by atoms with van der Waals surface area (Å²) in [6.07, 6.45) is 2.27. The van der Waals surface area contributed by atoms with E-state index in [9.17, 15) is 4.79 Å². The van der Waals surface area contributed by atoms with Crippen LogP contribution in [0.1, 0.15) is 39.4 Å². The van der Waals surface area contributed by atoms with Crippen LogP contribution in [0.5, 0.6) is 0 Å². The molecule has 1 heterocycles. The molecular formula is C12H21N3O. The van der Waals surface area contributed by atoms with E-state index in [2.05, 4.69) is 18.9 Å². The molecule has 4 heteroatoms. The van der Waals surface area contributed by atoms with E-state index in [1.165, 1.54) is 0 Å². The topological polar surface area (TPSA) is 60.9 Å². The summed E-state index contributed by atoms with van der Waals surface area (Å²) < 4.78 is 1.86. The first kappa shape index (κ1) is 12.9. The molecule has 0 amide bonds. The summed E-state index contributed by atoms with van der Waals surface area (Å²) in [6, 6.07) is 2.22. The number of hydrogen-bond acceptors (Lipinski definition) is 3. The molecule has 0 radical (unpaired) electrons. The lowest BCUT2D eigenvalue weighted by atomic mass is 9.86. The summed E-state index contributed by atoms with van der Waals surface area (Å²) >= 11 is 0. The molecular weight excluding hydrogens is 202 g/mol. The van der Waals surface area contributed by atoms with Gasteiger partial charge >= 0.3 is 0 Å². The molecule has 16 heavy (non-hydrogen) atoms. The van der Waals surface area contributed by atoms with Crippen molar-refractivity contribution in [2.24, 2.45) is 11.1 Å². The van der Waals surface area contributed by atoms with E-state index in [4.69, 9.17) is 5.73 Å². The van der Waals surface area contributed by atoms with Crippen molar-refractivity contribution in [3.05, 3.63) is 18.0 Å². The lowest BCUT2D eigenvalue weighted by Crippen LogP contribution is -2.33. The van der Waals surface area contributed by atoms with Crippen molar-refractivity contribution in [3.8, 4) is 0 Å². The predicted molar refractivity (Wildman–Crippen MR) is 64.2 cm³/mol. The van der Waals surface area contributed by atoms with Crippen LogP contribution in [0, 0.1) is 5.41 Å². The third-order valence-electron chi connectivity index (χ3n) is 2.80. The third kappa shape index (κ3) is 2.92. The van der Waals surface area contributed by atoms with Crippen LogP contribution in [-0.2, 0) is 11.2 Å². The van der Waals surface area contributed by atoms with Gasteiger partial charge in [-0.05, 0) is 19.9 Å². The van der Waals surface area contributed by atoms with Gasteiger partial charge in [0, 0.05) is 24.2 Å². The molecule has 0 aliphatic carbocycles. The molecule has 1 aromatic rings. The molecule has 0 atom stereocenters. The van der Waals surface area contributed by atoms with Gasteiger partial charge in [-0.2, -0.15) is 5.10 Å². The maximum absolute atomic E-state index is 11.9. The van der Waals surface area contributed by atoms with Gasteiger partial charge in [-0.15, -0.1) is 0 Å². The fraction of sp³-hybridized carbons (Fsp3) is 0.667. The number of aromatic nitrogens is 2. The zero-order valence-electron chi connectivity index (χ0n) is 10.5. The van der Waals surface area contributed by atoms with Crippen LogP contribution in [0.15, 0.2) is 12.3 Å². The second-order valence-electron chi connectivity index (χ2n) is 5.07. The minimum Gasteiger partial charge on any atom is -0.329 e. The lowest BCUT2D eigenvalue weighted by molar-refractivity contribution is -0.126. The average molecular weight is 223 g/mol. The first-order valence-corrected chi connectivity index (χ1v) is 5.64. The molecule has 0 aromatic carbocycles. The standard InChI is InChI=1S/C12H21N3O/c1-9(2)15-6-5-10(14-15)7-11(16)12(3,4)8-13/h5-6,9H,7-8,13H2,1-4H3. The van der Waals surface area contributed by atoms with E-state index < -0.39 is 5.41 Å². The Hall–Kier alpha value is -1.16. The number of carbonyl (C=O) groups excluding carboxylic acids is 1. The van der Waals surface area contributed by atoms with Crippen molar-refractivity contribution in [2.45, 2.75) is 40.2 Å². The SMILES string of the molecule is CC(C)n1ccc(CC(=O)C(C)(C)CN)n1. The van der Waals surface area contributed by atoms with Crippen LogP contribution in [0.25, 0.3) is 0 Å². The van der Waals surface area contributed by atoms with E-state index in [0.717, 1.165) is 5.69 Å². The number of hydrogen-bond donors (Lipinski definition) is 1. The molecule has 2 N–H and O–H groups in total. The van der Waals surface area contributed by atoms with Crippen LogP contribution in [0.2, 0.25) is 0 Å². The molecule has 0 saturated heterocycles. The molecule has 1 aromatic heterocycles. The van der Waals surface area contributed by atoms with E-state index in [0.29, 0.717) is 19.0 Å². The maximum Gasteiger partial charge on any atom is 0.145 e. The Kier molecular flexibility index (Phi) is 3.86. The summed E-state index contributed by atoms with van der Waals surface area (Å²) in [5.74, 6) is 0.143. The molecule has 0 bridgehead atoms. The van der Waals surface area contributed by atoms with Crippen LogP contribution >= 0.6 is 0 Å². The maximum atomic E-state index is 11.9. The first-order chi connectivity index (χ1) is 7.36. The van der Waals surface area contributed by atoms with E-state index in [1.807, 2.05) is 30.8 Å². The molecule has 90 valence electrons. The smallest absolute Gasteiger partial charge is 0.145 e. The van der Waals surface area contributed by atoms with Crippen LogP contribution in [0.4, 0.5) is 0 Å². The van der Waals surface area contributed by atoms with Crippen molar-refractivity contribution < 1.29 is 4.79 Å². The van der Waals surface area contributed by atoms with Gasteiger partial charge in [-0.25, -0.2) is 0 Å². The molecule has 0 aliphatic heterocycles. The molecule has 4 nitrogen and oxygen atoms in total. The Balaban J connectivity index is 2.70. The largest absolute Gasteiger partial charge is 0.329 e. The highest BCUT2D eigenvalue weighted by Crippen LogP contribution is 2.17. The van der Waals surface area contributed by atoms with E-state index in [-0.39, 0.29) is 5.78 Å². The highest BCUT2D eigenvalue weighted by atomic mass is 16.1. The molecule has 0 saturated carbocycles. The molecule has 1 rings (SSSR count). The summed E-state index contributed by atoms with van der Waals surface area (Å²) in [4.78, 5) is 11.9. The zero-order chi connectivity index (χ0) is 12.3. The van der Waals surface area contributed by atoms with Gasteiger partial charge in [0.05, 0.1) is 12.1 Å². The average Bonchev–Trinajstić information content (AvgIpc) is 2.66. The number of carbonyl (C=O) groups is 1. The highest BCUT2D eigenvalue weighted by Gasteiger charge is 2.26. The Morgan fingerprint density at radius 2 is 2.19 bits per heavy atom. The van der Waals surface area contributed by atoms with Gasteiger partial charge < -0.3 is 5.73 Å². The van der Waals surface area contributed by atoms with Crippen LogP contribution in [0.3, 0.4) is 0 Å². The number of ketones is 1. The fourth-order valence-corrected chi connectivity index (χ4v) is 1.28. The van der Waals surface area contributed by atoms with Crippen LogP contribution < -0.4 is 5.73 Å². The Labute approximate surface area is 96.8 Å². The van der Waals surface area contributed by atoms with Gasteiger partial charge in [0.2, 0.25) is 0 Å². The summed E-state index contributed by atoms with van der Waals surface area (Å²) in [7, 11) is 0. The Morgan fingerprint density at radius 1 is 1.56 bits per heavy atom. The third-order valence-corrected chi connectivity index (χ3v) is 2.80. The van der Waals surface area contributed by atoms with Crippen molar-refractivity contribution in [3.63, 3.8) is 0 Å². The normalized spacial score (nSPS) is 12.1. The Bertz CT molecular complexity index is 366. The number of Topliss-reactive ketones (excluding diaryl/α,β-unsaturated/α-hetero) is 1.